The van der Waals surface area contributed by atoms with Gasteiger partial charge in [0.15, 0.2) is 12.4 Å². The maximum absolute atomic E-state index is 13.2. The molecule has 7 rings (SSSR count). The van der Waals surface area contributed by atoms with Crippen LogP contribution in [0.15, 0.2) is 60.7 Å². The standard InChI is InChI=1S/C26H20ClNO5/c27-15-5-1-13(2-6-15)21(29)12-33-26(32)14-3-7-16(8-4-14)28-24(30)22-17-9-10-18(20-11-19(17)20)23(22)25(28)31/h1-10,17-20,22-23H,11-12H2/t17-,18+,19-,20-,22+,23-/m1/s1. The summed E-state index contributed by atoms with van der Waals surface area (Å²) in [6.07, 6.45) is 5.39. The van der Waals surface area contributed by atoms with Crippen molar-refractivity contribution in [3.8, 4) is 0 Å². The van der Waals surface area contributed by atoms with Gasteiger partial charge in [0, 0.05) is 10.6 Å². The van der Waals surface area contributed by atoms with Crippen LogP contribution in [0.4, 0.5) is 5.69 Å². The van der Waals surface area contributed by atoms with Gasteiger partial charge >= 0.3 is 5.97 Å². The van der Waals surface area contributed by atoms with E-state index in [1.165, 1.54) is 17.0 Å². The van der Waals surface area contributed by atoms with Crippen LogP contribution in [0.25, 0.3) is 0 Å². The molecule has 6 atom stereocenters. The third kappa shape index (κ3) is 3.16. The number of imide groups is 1. The van der Waals surface area contributed by atoms with Crippen molar-refractivity contribution in [3.63, 3.8) is 0 Å². The minimum atomic E-state index is -0.654. The van der Waals surface area contributed by atoms with Gasteiger partial charge in [0.1, 0.15) is 0 Å². The lowest BCUT2D eigenvalue weighted by Gasteiger charge is -2.37. The zero-order chi connectivity index (χ0) is 22.9. The van der Waals surface area contributed by atoms with Crippen LogP contribution in [0, 0.1) is 35.5 Å². The Balaban J connectivity index is 1.14. The van der Waals surface area contributed by atoms with Crippen LogP contribution in [0.2, 0.25) is 5.02 Å². The van der Waals surface area contributed by atoms with Gasteiger partial charge in [0.05, 0.1) is 23.1 Å². The Morgan fingerprint density at radius 3 is 1.97 bits per heavy atom. The molecule has 0 aromatic heterocycles. The molecule has 33 heavy (non-hydrogen) atoms. The van der Waals surface area contributed by atoms with E-state index < -0.39 is 12.6 Å². The Morgan fingerprint density at radius 1 is 0.848 bits per heavy atom. The summed E-state index contributed by atoms with van der Waals surface area (Å²) in [4.78, 5) is 52.2. The first-order valence-electron chi connectivity index (χ1n) is 11.1. The molecule has 0 unspecified atom stereocenters. The minimum Gasteiger partial charge on any atom is -0.454 e. The molecule has 3 fully saturated rings. The summed E-state index contributed by atoms with van der Waals surface area (Å²) in [5.41, 5.74) is 1.10. The number of rotatable bonds is 5. The van der Waals surface area contributed by atoms with Crippen LogP contribution in [-0.2, 0) is 14.3 Å². The monoisotopic (exact) mass is 461 g/mol. The fourth-order valence-corrected chi connectivity index (χ4v) is 6.02. The highest BCUT2D eigenvalue weighted by Gasteiger charge is 2.67. The van der Waals surface area contributed by atoms with Crippen molar-refractivity contribution >= 4 is 40.9 Å². The molecule has 1 aliphatic heterocycles. The van der Waals surface area contributed by atoms with Gasteiger partial charge in [-0.3, -0.25) is 19.3 Å². The van der Waals surface area contributed by atoms with Gasteiger partial charge in [-0.1, -0.05) is 23.8 Å². The smallest absolute Gasteiger partial charge is 0.338 e. The molecule has 6 nitrogen and oxygen atoms in total. The van der Waals surface area contributed by atoms with Gasteiger partial charge in [-0.25, -0.2) is 4.79 Å². The molecule has 2 aromatic carbocycles. The van der Waals surface area contributed by atoms with E-state index in [-0.39, 0.29) is 46.8 Å². The van der Waals surface area contributed by atoms with E-state index in [0.29, 0.717) is 28.1 Å². The molecular formula is C26H20ClNO5. The van der Waals surface area contributed by atoms with E-state index >= 15 is 0 Å². The largest absolute Gasteiger partial charge is 0.454 e. The van der Waals surface area contributed by atoms with Crippen molar-refractivity contribution in [3.05, 3.63) is 76.8 Å². The third-order valence-corrected chi connectivity index (χ3v) is 7.78. The van der Waals surface area contributed by atoms with Gasteiger partial charge in [-0.2, -0.15) is 0 Å². The number of amides is 2. The van der Waals surface area contributed by atoms with Crippen LogP contribution in [-0.4, -0.2) is 30.2 Å². The molecule has 5 aliphatic rings. The van der Waals surface area contributed by atoms with Gasteiger partial charge < -0.3 is 4.74 Å². The second-order valence-corrected chi connectivity index (χ2v) is 9.66. The van der Waals surface area contributed by atoms with Crippen molar-refractivity contribution < 1.29 is 23.9 Å². The number of allylic oxidation sites excluding steroid dienone is 2. The lowest BCUT2D eigenvalue weighted by atomic mass is 9.63. The van der Waals surface area contributed by atoms with Crippen LogP contribution in [0.5, 0.6) is 0 Å². The highest BCUT2D eigenvalue weighted by molar-refractivity contribution is 6.30. The van der Waals surface area contributed by atoms with Gasteiger partial charge in [-0.05, 0) is 78.6 Å². The molecule has 7 heteroatoms. The van der Waals surface area contributed by atoms with Crippen molar-refractivity contribution in [1.29, 1.82) is 0 Å². The van der Waals surface area contributed by atoms with Crippen LogP contribution < -0.4 is 4.90 Å². The molecule has 0 spiro atoms. The van der Waals surface area contributed by atoms with E-state index in [0.717, 1.165) is 6.42 Å². The van der Waals surface area contributed by atoms with Crippen molar-refractivity contribution in [2.75, 3.05) is 11.5 Å². The Hall–Kier alpha value is -3.25. The van der Waals surface area contributed by atoms with Gasteiger partial charge in [0.2, 0.25) is 11.8 Å². The average Bonchev–Trinajstić information content (AvgIpc) is 3.61. The Labute approximate surface area is 195 Å². The number of benzene rings is 2. The quantitative estimate of drug-likeness (QED) is 0.291. The fourth-order valence-electron chi connectivity index (χ4n) is 5.89. The molecule has 1 heterocycles. The molecule has 2 bridgehead atoms. The summed E-state index contributed by atoms with van der Waals surface area (Å²) in [6, 6.07) is 12.5. The van der Waals surface area contributed by atoms with Gasteiger partial charge in [-0.15, -0.1) is 0 Å². The first-order chi connectivity index (χ1) is 15.9. The lowest BCUT2D eigenvalue weighted by Crippen LogP contribution is -2.40. The van der Waals surface area contributed by atoms with Crippen LogP contribution >= 0.6 is 11.6 Å². The zero-order valence-electron chi connectivity index (χ0n) is 17.5. The third-order valence-electron chi connectivity index (χ3n) is 7.52. The minimum absolute atomic E-state index is 0.140. The van der Waals surface area contributed by atoms with E-state index in [9.17, 15) is 19.2 Å². The molecule has 0 radical (unpaired) electrons. The summed E-state index contributed by atoms with van der Waals surface area (Å²) in [7, 11) is 0. The zero-order valence-corrected chi connectivity index (χ0v) is 18.3. The van der Waals surface area contributed by atoms with E-state index in [1.54, 1.807) is 36.4 Å². The summed E-state index contributed by atoms with van der Waals surface area (Å²) in [5.74, 6) is -0.376. The van der Waals surface area contributed by atoms with Crippen LogP contribution in [0.1, 0.15) is 27.1 Å². The number of nitrogens with zero attached hydrogens (tertiary/aromatic N) is 1. The van der Waals surface area contributed by atoms with Crippen molar-refractivity contribution in [1.82, 2.24) is 0 Å². The SMILES string of the molecule is O=C(COC(=O)c1ccc(N2C(=O)[C@@H]3[C@H]4C=C[C@H]([C@H]5C[C@H]45)[C@@H]3C2=O)cc1)c1ccc(Cl)cc1. The Bertz CT molecular complexity index is 1180. The van der Waals surface area contributed by atoms with Crippen molar-refractivity contribution in [2.45, 2.75) is 6.42 Å². The number of hydrogen-bond acceptors (Lipinski definition) is 5. The predicted molar refractivity (Wildman–Crippen MR) is 120 cm³/mol. The van der Waals surface area contributed by atoms with E-state index in [2.05, 4.69) is 12.2 Å². The number of esters is 1. The fraction of sp³-hybridized carbons (Fsp3) is 0.308. The highest BCUT2D eigenvalue weighted by Crippen LogP contribution is 2.65. The maximum atomic E-state index is 13.2. The average molecular weight is 462 g/mol. The molecule has 2 amide bonds. The number of halogens is 1. The first kappa shape index (κ1) is 20.4. The summed E-state index contributed by atoms with van der Waals surface area (Å²) < 4.78 is 5.14. The van der Waals surface area contributed by atoms with E-state index in [1.807, 2.05) is 0 Å². The second-order valence-electron chi connectivity index (χ2n) is 9.22. The molecule has 2 saturated carbocycles. The number of hydrogen-bond donors (Lipinski definition) is 0. The summed E-state index contributed by atoms with van der Waals surface area (Å²) in [6.45, 7) is -0.396. The number of ketones is 1. The normalized spacial score (nSPS) is 30.8. The number of ether oxygens (including phenoxy) is 1. The number of Topliss-reactive ketones (excluding diaryl/α,β-unsaturated/α-hetero) is 1. The van der Waals surface area contributed by atoms with Crippen LogP contribution in [0.3, 0.4) is 0 Å². The molecule has 0 N–H and O–H groups in total. The molecule has 4 aliphatic carbocycles. The Morgan fingerprint density at radius 2 is 1.39 bits per heavy atom. The maximum Gasteiger partial charge on any atom is 0.338 e. The van der Waals surface area contributed by atoms with E-state index in [4.69, 9.17) is 16.3 Å². The number of anilines is 1. The molecular weight excluding hydrogens is 442 g/mol. The molecule has 2 aromatic rings. The summed E-state index contributed by atoms with van der Waals surface area (Å²) in [5, 5.41) is 0.513. The predicted octanol–water partition coefficient (Wildman–Crippen LogP) is 3.94. The second kappa shape index (κ2) is 7.39. The topological polar surface area (TPSA) is 80.8 Å². The number of carbonyl (C=O) groups excluding carboxylic acids is 4. The highest BCUT2D eigenvalue weighted by atomic mass is 35.5. The lowest BCUT2D eigenvalue weighted by molar-refractivity contribution is -0.124. The summed E-state index contributed by atoms with van der Waals surface area (Å²) >= 11 is 5.82. The number of carbonyl (C=O) groups is 4. The van der Waals surface area contributed by atoms with Gasteiger partial charge in [0.25, 0.3) is 0 Å². The molecule has 1 saturated heterocycles. The first-order valence-corrected chi connectivity index (χ1v) is 11.4. The van der Waals surface area contributed by atoms with Crippen molar-refractivity contribution in [2.24, 2.45) is 35.5 Å². The Kier molecular flexibility index (Phi) is 4.56. The molecule has 166 valence electrons.